The quantitative estimate of drug-likeness (QED) is 0.501. The van der Waals surface area contributed by atoms with E-state index >= 15 is 0 Å². The Morgan fingerprint density at radius 2 is 1.67 bits per heavy atom. The van der Waals surface area contributed by atoms with Gasteiger partial charge in [0.15, 0.2) is 0 Å². The van der Waals surface area contributed by atoms with Crippen LogP contribution in [0.2, 0.25) is 0 Å². The maximum Gasteiger partial charge on any atom is 0.252 e. The molecule has 0 bridgehead atoms. The molecule has 1 aromatic carbocycles. The van der Waals surface area contributed by atoms with Crippen LogP contribution in [-0.2, 0) is 10.0 Å². The fourth-order valence-corrected chi connectivity index (χ4v) is 8.14. The number of pyridine rings is 1. The normalized spacial score (nSPS) is 21.1. The van der Waals surface area contributed by atoms with Gasteiger partial charge >= 0.3 is 0 Å². The summed E-state index contributed by atoms with van der Waals surface area (Å²) in [4.78, 5) is 24.6. The third kappa shape index (κ3) is 5.10. The topological polar surface area (TPSA) is 100 Å². The fraction of sp³-hybridized carbons (Fsp3) is 0.552. The van der Waals surface area contributed by atoms with Crippen molar-refractivity contribution < 1.29 is 8.42 Å². The monoisotopic (exact) mass is 550 g/mol. The lowest BCUT2D eigenvalue weighted by molar-refractivity contribution is 0.0670. The van der Waals surface area contributed by atoms with Gasteiger partial charge in [0, 0.05) is 42.5 Å². The summed E-state index contributed by atoms with van der Waals surface area (Å²) < 4.78 is 30.5. The van der Waals surface area contributed by atoms with Crippen LogP contribution in [0.4, 0.5) is 11.6 Å². The number of anilines is 2. The van der Waals surface area contributed by atoms with Crippen molar-refractivity contribution in [2.75, 3.05) is 38.5 Å². The van der Waals surface area contributed by atoms with Gasteiger partial charge in [0.2, 0.25) is 16.0 Å². The molecule has 0 radical (unpaired) electrons. The van der Waals surface area contributed by atoms with Crippen molar-refractivity contribution in [1.82, 2.24) is 23.7 Å². The van der Waals surface area contributed by atoms with Crippen molar-refractivity contribution in [2.45, 2.75) is 69.2 Å². The largest absolute Gasteiger partial charge is 0.324 e. The van der Waals surface area contributed by atoms with Crippen molar-refractivity contribution >= 4 is 32.7 Å². The smallest absolute Gasteiger partial charge is 0.252 e. The second-order valence-electron chi connectivity index (χ2n) is 11.8. The van der Waals surface area contributed by atoms with Gasteiger partial charge in [-0.3, -0.25) is 9.36 Å². The van der Waals surface area contributed by atoms with E-state index in [1.165, 1.54) is 0 Å². The summed E-state index contributed by atoms with van der Waals surface area (Å²) in [6, 6.07) is 8.71. The number of fused-ring (bicyclic) bond motifs is 1. The molecule has 2 saturated heterocycles. The molecule has 6 rings (SSSR count). The highest BCUT2D eigenvalue weighted by Crippen LogP contribution is 2.42. The Bertz CT molecular complexity index is 1530. The summed E-state index contributed by atoms with van der Waals surface area (Å²) in [6.45, 7) is 5.25. The molecule has 39 heavy (non-hydrogen) atoms. The molecule has 2 aromatic heterocycles. The van der Waals surface area contributed by atoms with Crippen LogP contribution in [0, 0.1) is 12.3 Å². The van der Waals surface area contributed by atoms with Crippen LogP contribution in [0.15, 0.2) is 46.2 Å². The highest BCUT2D eigenvalue weighted by Gasteiger charge is 2.40. The van der Waals surface area contributed by atoms with Crippen molar-refractivity contribution in [1.29, 1.82) is 0 Å². The zero-order chi connectivity index (χ0) is 27.2. The van der Waals surface area contributed by atoms with Crippen molar-refractivity contribution in [3.63, 3.8) is 0 Å². The predicted molar refractivity (Wildman–Crippen MR) is 153 cm³/mol. The SMILES string of the molecule is Cc1cc(S(=O)(=O)N2CCC3(CCN(C)CC3)CC2)ccc1Nc1ncc2ccc(=O)n(C3CCCC3)c2n1. The molecular weight excluding hydrogens is 512 g/mol. The number of piperidine rings is 2. The van der Waals surface area contributed by atoms with Gasteiger partial charge in [0.25, 0.3) is 5.56 Å². The lowest BCUT2D eigenvalue weighted by Gasteiger charge is -2.45. The fourth-order valence-electron chi connectivity index (χ4n) is 6.61. The molecule has 3 fully saturated rings. The number of benzene rings is 1. The van der Waals surface area contributed by atoms with Crippen LogP contribution in [-0.4, -0.2) is 65.4 Å². The average molecular weight is 551 g/mol. The molecule has 1 aliphatic carbocycles. The number of aromatic nitrogens is 3. The average Bonchev–Trinajstić information content (AvgIpc) is 3.46. The maximum atomic E-state index is 13.5. The minimum atomic E-state index is -3.56. The standard InChI is InChI=1S/C29H38N6O3S/c1-21-19-24(39(37,38)34-17-13-29(14-18-34)11-15-33(2)16-12-29)8-9-25(21)31-28-30-20-22-7-10-26(36)35(27(22)32-28)23-5-3-4-6-23/h7-10,19-20,23H,3-6,11-18H2,1-2H3,(H,30,31,32). The Labute approximate surface area is 230 Å². The number of nitrogens with one attached hydrogen (secondary N) is 1. The number of nitrogens with zero attached hydrogens (tertiary/aromatic N) is 5. The van der Waals surface area contributed by atoms with E-state index in [1.54, 1.807) is 40.8 Å². The third-order valence-corrected chi connectivity index (χ3v) is 11.2. The molecule has 9 nitrogen and oxygen atoms in total. The van der Waals surface area contributed by atoms with E-state index in [4.69, 9.17) is 4.98 Å². The number of rotatable bonds is 5. The molecule has 0 unspecified atom stereocenters. The number of hydrogen-bond donors (Lipinski definition) is 1. The van der Waals surface area contributed by atoms with Crippen molar-refractivity contribution in [3.05, 3.63) is 52.4 Å². The first-order valence-electron chi connectivity index (χ1n) is 14.2. The van der Waals surface area contributed by atoms with Gasteiger partial charge in [-0.1, -0.05) is 12.8 Å². The lowest BCUT2D eigenvalue weighted by atomic mass is 9.72. The zero-order valence-corrected chi connectivity index (χ0v) is 23.7. The summed E-state index contributed by atoms with van der Waals surface area (Å²) >= 11 is 0. The van der Waals surface area contributed by atoms with Crippen molar-refractivity contribution in [3.8, 4) is 0 Å². The van der Waals surface area contributed by atoms with Gasteiger partial charge in [-0.2, -0.15) is 9.29 Å². The molecule has 10 heteroatoms. The third-order valence-electron chi connectivity index (χ3n) is 9.27. The van der Waals surface area contributed by atoms with Gasteiger partial charge in [-0.25, -0.2) is 13.4 Å². The van der Waals surface area contributed by atoms with Gasteiger partial charge in [-0.15, -0.1) is 0 Å². The Morgan fingerprint density at radius 3 is 2.36 bits per heavy atom. The van der Waals surface area contributed by atoms with E-state index < -0.39 is 10.0 Å². The molecule has 1 spiro atoms. The molecule has 1 N–H and O–H groups in total. The first kappa shape index (κ1) is 26.4. The lowest BCUT2D eigenvalue weighted by Crippen LogP contribution is -2.47. The van der Waals surface area contributed by atoms with E-state index in [1.807, 2.05) is 11.5 Å². The van der Waals surface area contributed by atoms with Crippen LogP contribution in [0.3, 0.4) is 0 Å². The highest BCUT2D eigenvalue weighted by molar-refractivity contribution is 7.89. The Balaban J connectivity index is 1.20. The second kappa shape index (κ2) is 10.3. The van der Waals surface area contributed by atoms with Crippen molar-refractivity contribution in [2.24, 2.45) is 5.41 Å². The van der Waals surface area contributed by atoms with Crippen LogP contribution in [0.5, 0.6) is 0 Å². The summed E-state index contributed by atoms with van der Waals surface area (Å²) in [7, 11) is -1.40. The van der Waals surface area contributed by atoms with Crippen LogP contribution >= 0.6 is 0 Å². The molecule has 0 atom stereocenters. The number of hydrogen-bond acceptors (Lipinski definition) is 7. The van der Waals surface area contributed by atoms with E-state index in [-0.39, 0.29) is 11.6 Å². The first-order valence-corrected chi connectivity index (χ1v) is 15.6. The van der Waals surface area contributed by atoms with Gasteiger partial charge < -0.3 is 10.2 Å². The summed E-state index contributed by atoms with van der Waals surface area (Å²) in [5, 5.41) is 4.08. The molecule has 1 saturated carbocycles. The maximum absolute atomic E-state index is 13.5. The predicted octanol–water partition coefficient (Wildman–Crippen LogP) is 4.46. The zero-order valence-electron chi connectivity index (χ0n) is 22.9. The molecular formula is C29H38N6O3S. The summed E-state index contributed by atoms with van der Waals surface area (Å²) in [5.74, 6) is 0.387. The molecule has 0 amide bonds. The number of aryl methyl sites for hydroxylation is 1. The summed E-state index contributed by atoms with van der Waals surface area (Å²) in [5.41, 5.74) is 2.43. The molecule has 4 heterocycles. The van der Waals surface area contributed by atoms with E-state index in [0.29, 0.717) is 35.0 Å². The van der Waals surface area contributed by atoms with E-state index in [9.17, 15) is 13.2 Å². The van der Waals surface area contributed by atoms with Gasteiger partial charge in [0.05, 0.1) is 4.90 Å². The Kier molecular flexibility index (Phi) is 6.97. The number of sulfonamides is 1. The van der Waals surface area contributed by atoms with E-state index in [0.717, 1.165) is 81.1 Å². The number of likely N-dealkylation sites (tertiary alicyclic amines) is 1. The highest BCUT2D eigenvalue weighted by atomic mass is 32.2. The van der Waals surface area contributed by atoms with Crippen LogP contribution in [0.25, 0.3) is 11.0 Å². The Hall–Kier alpha value is -2.82. The minimum absolute atomic E-state index is 0.0377. The molecule has 3 aliphatic rings. The first-order chi connectivity index (χ1) is 18.7. The molecule has 208 valence electrons. The van der Waals surface area contributed by atoms with Gasteiger partial charge in [-0.05, 0) is 101 Å². The molecule has 2 aliphatic heterocycles. The molecule has 3 aromatic rings. The summed E-state index contributed by atoms with van der Waals surface area (Å²) in [6.07, 6.45) is 10.1. The van der Waals surface area contributed by atoms with Crippen LogP contribution in [0.1, 0.15) is 63.0 Å². The minimum Gasteiger partial charge on any atom is -0.324 e. The Morgan fingerprint density at radius 1 is 0.974 bits per heavy atom. The van der Waals surface area contributed by atoms with Gasteiger partial charge in [0.1, 0.15) is 5.65 Å². The van der Waals surface area contributed by atoms with E-state index in [2.05, 4.69) is 22.2 Å². The second-order valence-corrected chi connectivity index (χ2v) is 13.7. The van der Waals surface area contributed by atoms with Crippen LogP contribution < -0.4 is 10.9 Å².